The second kappa shape index (κ2) is 7.60. The van der Waals surface area contributed by atoms with E-state index >= 15 is 0 Å². The minimum absolute atomic E-state index is 0.155. The van der Waals surface area contributed by atoms with Crippen LogP contribution in [0.3, 0.4) is 0 Å². The number of amides is 1. The number of piperidine rings is 1. The standard InChI is InChI=1S/C17H23N5O3/c1-11(2)17-20-14(21-25-17)9-19-16(24)12-5-6-15(18-8-12)22-7-3-4-13(23)10-22/h5-6,8,11,13,23H,3-4,7,9-10H2,1-2H3,(H,19,24)/t13-/m0/s1. The topological polar surface area (TPSA) is 104 Å². The zero-order valence-corrected chi connectivity index (χ0v) is 14.5. The van der Waals surface area contributed by atoms with Crippen molar-refractivity contribution in [1.29, 1.82) is 0 Å². The summed E-state index contributed by atoms with van der Waals surface area (Å²) in [5.41, 5.74) is 0.467. The zero-order valence-electron chi connectivity index (χ0n) is 14.5. The molecule has 1 aliphatic rings. The zero-order chi connectivity index (χ0) is 17.8. The van der Waals surface area contributed by atoms with Crippen LogP contribution < -0.4 is 10.2 Å². The van der Waals surface area contributed by atoms with Gasteiger partial charge >= 0.3 is 0 Å². The van der Waals surface area contributed by atoms with E-state index in [0.29, 0.717) is 23.8 Å². The number of hydrogen-bond donors (Lipinski definition) is 2. The van der Waals surface area contributed by atoms with Gasteiger partial charge in [-0.2, -0.15) is 4.98 Å². The first kappa shape index (κ1) is 17.3. The highest BCUT2D eigenvalue weighted by Crippen LogP contribution is 2.18. The first-order valence-electron chi connectivity index (χ1n) is 8.52. The van der Waals surface area contributed by atoms with Crippen LogP contribution in [0.5, 0.6) is 0 Å². The third-order valence-electron chi connectivity index (χ3n) is 4.12. The summed E-state index contributed by atoms with van der Waals surface area (Å²) in [6.07, 6.45) is 2.99. The molecule has 2 aromatic heterocycles. The molecule has 0 radical (unpaired) electrons. The molecule has 2 N–H and O–H groups in total. The molecule has 1 atom stereocenters. The summed E-state index contributed by atoms with van der Waals surface area (Å²) in [6, 6.07) is 3.53. The Hall–Kier alpha value is -2.48. The smallest absolute Gasteiger partial charge is 0.253 e. The molecule has 0 spiro atoms. The number of β-amino-alcohol motifs (C(OH)–C–C–N with tert-alkyl or cyclic N) is 1. The number of aliphatic hydroxyl groups excluding tert-OH is 1. The van der Waals surface area contributed by atoms with E-state index in [-0.39, 0.29) is 24.5 Å². The molecule has 134 valence electrons. The molecule has 1 amide bonds. The van der Waals surface area contributed by atoms with Crippen LogP contribution in [0, 0.1) is 0 Å². The number of hydrogen-bond acceptors (Lipinski definition) is 7. The molecule has 0 saturated carbocycles. The summed E-state index contributed by atoms with van der Waals surface area (Å²) in [5, 5.41) is 16.3. The fourth-order valence-electron chi connectivity index (χ4n) is 2.71. The van der Waals surface area contributed by atoms with Crippen molar-refractivity contribution in [1.82, 2.24) is 20.4 Å². The van der Waals surface area contributed by atoms with Gasteiger partial charge in [0.05, 0.1) is 18.2 Å². The van der Waals surface area contributed by atoms with Crippen LogP contribution in [0.1, 0.15) is 54.7 Å². The van der Waals surface area contributed by atoms with Gasteiger partial charge in [0.2, 0.25) is 5.89 Å². The Labute approximate surface area is 146 Å². The van der Waals surface area contributed by atoms with E-state index in [1.807, 2.05) is 18.7 Å². The van der Waals surface area contributed by atoms with Crippen molar-refractivity contribution in [2.45, 2.75) is 45.3 Å². The third kappa shape index (κ3) is 4.33. The lowest BCUT2D eigenvalue weighted by molar-refractivity contribution is 0.0949. The van der Waals surface area contributed by atoms with Crippen molar-refractivity contribution >= 4 is 11.7 Å². The predicted octanol–water partition coefficient (Wildman–Crippen LogP) is 1.48. The van der Waals surface area contributed by atoms with Crippen molar-refractivity contribution in [3.8, 4) is 0 Å². The van der Waals surface area contributed by atoms with Gasteiger partial charge in [0.15, 0.2) is 5.82 Å². The van der Waals surface area contributed by atoms with Crippen LogP contribution in [0.2, 0.25) is 0 Å². The molecule has 0 unspecified atom stereocenters. The number of pyridine rings is 1. The van der Waals surface area contributed by atoms with Gasteiger partial charge in [0, 0.05) is 25.2 Å². The van der Waals surface area contributed by atoms with Crippen LogP contribution in [-0.2, 0) is 6.54 Å². The van der Waals surface area contributed by atoms with Crippen LogP contribution in [0.25, 0.3) is 0 Å². The highest BCUT2D eigenvalue weighted by Gasteiger charge is 2.19. The molecule has 2 aromatic rings. The Balaban J connectivity index is 1.56. The van der Waals surface area contributed by atoms with E-state index in [0.717, 1.165) is 25.2 Å². The largest absolute Gasteiger partial charge is 0.391 e. The molecule has 0 bridgehead atoms. The van der Waals surface area contributed by atoms with Crippen LogP contribution in [-0.4, -0.2) is 45.3 Å². The summed E-state index contributed by atoms with van der Waals surface area (Å²) in [6.45, 7) is 5.57. The molecule has 3 heterocycles. The number of rotatable bonds is 5. The Morgan fingerprint density at radius 3 is 2.96 bits per heavy atom. The molecule has 1 fully saturated rings. The Kier molecular flexibility index (Phi) is 5.28. The summed E-state index contributed by atoms with van der Waals surface area (Å²) in [7, 11) is 0. The normalized spacial score (nSPS) is 17.8. The fraction of sp³-hybridized carbons (Fsp3) is 0.529. The number of nitrogens with zero attached hydrogens (tertiary/aromatic N) is 4. The molecule has 1 saturated heterocycles. The fourth-order valence-corrected chi connectivity index (χ4v) is 2.71. The molecule has 8 nitrogen and oxygen atoms in total. The van der Waals surface area contributed by atoms with E-state index in [1.54, 1.807) is 18.3 Å². The van der Waals surface area contributed by atoms with Gasteiger partial charge in [-0.1, -0.05) is 19.0 Å². The van der Waals surface area contributed by atoms with E-state index in [2.05, 4.69) is 20.4 Å². The first-order chi connectivity index (χ1) is 12.0. The number of aromatic nitrogens is 3. The van der Waals surface area contributed by atoms with Crippen LogP contribution >= 0.6 is 0 Å². The monoisotopic (exact) mass is 345 g/mol. The second-order valence-corrected chi connectivity index (χ2v) is 6.53. The van der Waals surface area contributed by atoms with E-state index < -0.39 is 0 Å². The Morgan fingerprint density at radius 1 is 1.48 bits per heavy atom. The average molecular weight is 345 g/mol. The minimum atomic E-state index is -0.316. The summed E-state index contributed by atoms with van der Waals surface area (Å²) in [4.78, 5) is 22.8. The van der Waals surface area contributed by atoms with Gasteiger partial charge in [-0.15, -0.1) is 0 Å². The van der Waals surface area contributed by atoms with Crippen LogP contribution in [0.15, 0.2) is 22.9 Å². The molecule has 3 rings (SSSR count). The van der Waals surface area contributed by atoms with Crippen molar-refractivity contribution < 1.29 is 14.4 Å². The Bertz CT molecular complexity index is 713. The van der Waals surface area contributed by atoms with E-state index in [4.69, 9.17) is 4.52 Å². The van der Waals surface area contributed by atoms with Crippen molar-refractivity contribution in [3.05, 3.63) is 35.6 Å². The number of aliphatic hydroxyl groups is 1. The molecular weight excluding hydrogens is 322 g/mol. The average Bonchev–Trinajstić information content (AvgIpc) is 3.09. The summed E-state index contributed by atoms with van der Waals surface area (Å²) >= 11 is 0. The minimum Gasteiger partial charge on any atom is -0.391 e. The molecule has 0 aromatic carbocycles. The van der Waals surface area contributed by atoms with Gasteiger partial charge in [-0.25, -0.2) is 4.98 Å². The molecular formula is C17H23N5O3. The summed E-state index contributed by atoms with van der Waals surface area (Å²) < 4.78 is 5.10. The first-order valence-corrected chi connectivity index (χ1v) is 8.52. The van der Waals surface area contributed by atoms with E-state index in [9.17, 15) is 9.90 Å². The molecule has 0 aliphatic carbocycles. The van der Waals surface area contributed by atoms with Gasteiger partial charge < -0.3 is 19.8 Å². The maximum Gasteiger partial charge on any atom is 0.253 e. The maximum atomic E-state index is 12.2. The number of nitrogens with one attached hydrogen (secondary N) is 1. The number of carbonyl (C=O) groups is 1. The number of anilines is 1. The van der Waals surface area contributed by atoms with Crippen molar-refractivity contribution in [3.63, 3.8) is 0 Å². The lowest BCUT2D eigenvalue weighted by Gasteiger charge is -2.30. The van der Waals surface area contributed by atoms with Gasteiger partial charge in [-0.05, 0) is 25.0 Å². The van der Waals surface area contributed by atoms with E-state index in [1.165, 1.54) is 0 Å². The lowest BCUT2D eigenvalue weighted by Crippen LogP contribution is -2.38. The summed E-state index contributed by atoms with van der Waals surface area (Å²) in [5.74, 6) is 1.69. The van der Waals surface area contributed by atoms with Crippen LogP contribution in [0.4, 0.5) is 5.82 Å². The quantitative estimate of drug-likeness (QED) is 0.845. The SMILES string of the molecule is CC(C)c1nc(CNC(=O)c2ccc(N3CCC[C@H](O)C3)nc2)no1. The van der Waals surface area contributed by atoms with Gasteiger partial charge in [-0.3, -0.25) is 4.79 Å². The number of carbonyl (C=O) groups excluding carboxylic acids is 1. The molecule has 25 heavy (non-hydrogen) atoms. The Morgan fingerprint density at radius 2 is 2.32 bits per heavy atom. The van der Waals surface area contributed by atoms with Crippen molar-refractivity contribution in [2.75, 3.05) is 18.0 Å². The molecule has 8 heteroatoms. The van der Waals surface area contributed by atoms with Gasteiger partial charge in [0.25, 0.3) is 5.91 Å². The highest BCUT2D eigenvalue weighted by atomic mass is 16.5. The third-order valence-corrected chi connectivity index (χ3v) is 4.12. The van der Waals surface area contributed by atoms with Crippen molar-refractivity contribution in [2.24, 2.45) is 0 Å². The second-order valence-electron chi connectivity index (χ2n) is 6.53. The highest BCUT2D eigenvalue weighted by molar-refractivity contribution is 5.93. The maximum absolute atomic E-state index is 12.2. The lowest BCUT2D eigenvalue weighted by atomic mass is 10.1. The predicted molar refractivity (Wildman–Crippen MR) is 91.2 cm³/mol. The molecule has 1 aliphatic heterocycles. The van der Waals surface area contributed by atoms with Gasteiger partial charge in [0.1, 0.15) is 5.82 Å².